The van der Waals surface area contributed by atoms with E-state index in [1.165, 1.54) is 14.0 Å². The van der Waals surface area contributed by atoms with Gasteiger partial charge < -0.3 is 19.7 Å². The summed E-state index contributed by atoms with van der Waals surface area (Å²) in [4.78, 5) is 2.57. The molecular formula is C7H13N3O4. The van der Waals surface area contributed by atoms with Crippen molar-refractivity contribution in [1.82, 2.24) is 0 Å². The van der Waals surface area contributed by atoms with Crippen LogP contribution in [0.25, 0.3) is 10.4 Å². The first-order valence-electron chi connectivity index (χ1n) is 4.12. The summed E-state index contributed by atoms with van der Waals surface area (Å²) in [5.41, 5.74) is 6.91. The van der Waals surface area contributed by atoms with Crippen LogP contribution < -0.4 is 0 Å². The maximum absolute atomic E-state index is 9.74. The van der Waals surface area contributed by atoms with Gasteiger partial charge in [0.05, 0.1) is 18.2 Å². The summed E-state index contributed by atoms with van der Waals surface area (Å²) in [5.74, 6) is 0. The Balaban J connectivity index is 2.86. The van der Waals surface area contributed by atoms with E-state index in [2.05, 4.69) is 10.0 Å². The summed E-state index contributed by atoms with van der Waals surface area (Å²) in [6.07, 6.45) is -2.04. The van der Waals surface area contributed by atoms with Crippen LogP contribution in [0.15, 0.2) is 5.11 Å². The minimum Gasteiger partial charge on any atom is -0.387 e. The van der Waals surface area contributed by atoms with Gasteiger partial charge in [0.15, 0.2) is 6.29 Å². The first-order chi connectivity index (χ1) is 6.53. The van der Waals surface area contributed by atoms with E-state index in [1.54, 1.807) is 0 Å². The molecule has 1 rings (SSSR count). The fourth-order valence-electron chi connectivity index (χ4n) is 1.41. The van der Waals surface area contributed by atoms with Crippen molar-refractivity contribution in [2.24, 2.45) is 5.11 Å². The molecule has 1 heterocycles. The predicted molar refractivity (Wildman–Crippen MR) is 46.3 cm³/mol. The Bertz CT molecular complexity index is 251. The molecular weight excluding hydrogens is 190 g/mol. The van der Waals surface area contributed by atoms with Gasteiger partial charge in [-0.05, 0) is 12.5 Å². The van der Waals surface area contributed by atoms with Crippen molar-refractivity contribution >= 4 is 0 Å². The molecule has 0 spiro atoms. The molecule has 1 aliphatic heterocycles. The highest BCUT2D eigenvalue weighted by Gasteiger charge is 2.45. The lowest BCUT2D eigenvalue weighted by Crippen LogP contribution is -2.59. The lowest BCUT2D eigenvalue weighted by molar-refractivity contribution is -0.254. The number of hydrogen-bond donors (Lipinski definition) is 2. The van der Waals surface area contributed by atoms with Crippen molar-refractivity contribution in [3.8, 4) is 0 Å². The molecule has 2 N–H and O–H groups in total. The molecule has 0 bridgehead atoms. The number of methoxy groups -OCH3 is 1. The van der Waals surface area contributed by atoms with E-state index in [0.717, 1.165) is 0 Å². The Morgan fingerprint density at radius 3 is 2.86 bits per heavy atom. The summed E-state index contributed by atoms with van der Waals surface area (Å²) < 4.78 is 9.83. The van der Waals surface area contributed by atoms with Crippen molar-refractivity contribution in [2.45, 2.75) is 31.0 Å². The second-order valence-corrected chi connectivity index (χ2v) is 3.41. The minimum atomic E-state index is -1.37. The van der Waals surface area contributed by atoms with Gasteiger partial charge in [-0.3, -0.25) is 0 Å². The zero-order valence-electron chi connectivity index (χ0n) is 7.99. The van der Waals surface area contributed by atoms with Crippen LogP contribution in [0.1, 0.15) is 6.92 Å². The largest absolute Gasteiger partial charge is 0.387 e. The van der Waals surface area contributed by atoms with E-state index >= 15 is 0 Å². The van der Waals surface area contributed by atoms with Crippen molar-refractivity contribution < 1.29 is 19.7 Å². The molecule has 4 atom stereocenters. The lowest BCUT2D eigenvalue weighted by Gasteiger charge is -2.41. The maximum atomic E-state index is 9.74. The van der Waals surface area contributed by atoms with Gasteiger partial charge in [0.2, 0.25) is 0 Å². The highest BCUT2D eigenvalue weighted by atomic mass is 16.7. The van der Waals surface area contributed by atoms with Gasteiger partial charge in [0.25, 0.3) is 0 Å². The molecule has 0 aliphatic carbocycles. The summed E-state index contributed by atoms with van der Waals surface area (Å²) in [6, 6.07) is -0.966. The zero-order chi connectivity index (χ0) is 10.8. The van der Waals surface area contributed by atoms with Crippen molar-refractivity contribution in [3.63, 3.8) is 0 Å². The summed E-state index contributed by atoms with van der Waals surface area (Å²) in [7, 11) is 1.36. The van der Waals surface area contributed by atoms with Crippen molar-refractivity contribution in [1.29, 1.82) is 0 Å². The highest BCUT2D eigenvalue weighted by molar-refractivity contribution is 4.97. The molecule has 80 valence electrons. The zero-order valence-corrected chi connectivity index (χ0v) is 7.99. The van der Waals surface area contributed by atoms with E-state index in [-0.39, 0.29) is 6.61 Å². The molecule has 7 nitrogen and oxygen atoms in total. The second kappa shape index (κ2) is 4.12. The number of hydrogen-bond acceptors (Lipinski definition) is 5. The number of aliphatic hydroxyl groups is 2. The van der Waals surface area contributed by atoms with Gasteiger partial charge in [-0.15, -0.1) is 0 Å². The molecule has 0 unspecified atom stereocenters. The molecule has 0 aromatic carbocycles. The molecule has 1 saturated heterocycles. The summed E-state index contributed by atoms with van der Waals surface area (Å²) in [6.45, 7) is 1.38. The van der Waals surface area contributed by atoms with Gasteiger partial charge in [-0.2, -0.15) is 0 Å². The molecule has 7 heteroatoms. The van der Waals surface area contributed by atoms with Crippen LogP contribution >= 0.6 is 0 Å². The smallest absolute Gasteiger partial charge is 0.183 e. The lowest BCUT2D eigenvalue weighted by atomic mass is 9.90. The molecule has 0 amide bonds. The van der Waals surface area contributed by atoms with Gasteiger partial charge in [-0.1, -0.05) is 5.11 Å². The summed E-state index contributed by atoms with van der Waals surface area (Å²) in [5, 5.41) is 22.7. The van der Waals surface area contributed by atoms with E-state index in [0.29, 0.717) is 0 Å². The van der Waals surface area contributed by atoms with Crippen LogP contribution in [0.3, 0.4) is 0 Å². The van der Waals surface area contributed by atoms with Gasteiger partial charge in [0, 0.05) is 12.0 Å². The van der Waals surface area contributed by atoms with Crippen LogP contribution in [0.2, 0.25) is 0 Å². The SMILES string of the molecule is CO[C@@H]1OC[C@](C)(O)[C@H](N=[N+]=[N-])[C@H]1O. The Kier molecular flexibility index (Phi) is 3.30. The number of azide groups is 1. The maximum Gasteiger partial charge on any atom is 0.183 e. The van der Waals surface area contributed by atoms with Crippen LogP contribution in [-0.2, 0) is 9.47 Å². The monoisotopic (exact) mass is 203 g/mol. The van der Waals surface area contributed by atoms with Crippen molar-refractivity contribution in [2.75, 3.05) is 13.7 Å². The standard InChI is InChI=1S/C7H13N3O4/c1-7(12)3-14-6(13-2)4(11)5(7)9-10-8/h4-6,11-12H,3H2,1-2H3/t4-,5-,6-,7+/m1/s1. The number of ether oxygens (including phenoxy) is 2. The fourth-order valence-corrected chi connectivity index (χ4v) is 1.41. The Morgan fingerprint density at radius 2 is 2.36 bits per heavy atom. The third kappa shape index (κ3) is 1.97. The average Bonchev–Trinajstić information content (AvgIpc) is 2.12. The van der Waals surface area contributed by atoms with E-state index in [4.69, 9.17) is 15.0 Å². The first-order valence-corrected chi connectivity index (χ1v) is 4.12. The quantitative estimate of drug-likeness (QED) is 0.367. The molecule has 1 aliphatic rings. The molecule has 0 aromatic rings. The van der Waals surface area contributed by atoms with Crippen LogP contribution in [0, 0.1) is 0 Å². The van der Waals surface area contributed by atoms with E-state index < -0.39 is 24.0 Å². The minimum absolute atomic E-state index is 0.0494. The molecule has 0 aromatic heterocycles. The molecule has 1 fully saturated rings. The van der Waals surface area contributed by atoms with E-state index in [9.17, 15) is 10.2 Å². The Labute approximate surface area is 80.9 Å². The van der Waals surface area contributed by atoms with Crippen LogP contribution in [0.5, 0.6) is 0 Å². The summed E-state index contributed by atoms with van der Waals surface area (Å²) >= 11 is 0. The van der Waals surface area contributed by atoms with Crippen LogP contribution in [-0.4, -0.2) is 48.0 Å². The third-order valence-corrected chi connectivity index (χ3v) is 2.19. The second-order valence-electron chi connectivity index (χ2n) is 3.41. The van der Waals surface area contributed by atoms with Crippen LogP contribution in [0.4, 0.5) is 0 Å². The normalized spacial score (nSPS) is 43.0. The average molecular weight is 203 g/mol. The predicted octanol–water partition coefficient (Wildman–Crippen LogP) is -0.220. The highest BCUT2D eigenvalue weighted by Crippen LogP contribution is 2.26. The van der Waals surface area contributed by atoms with E-state index in [1.807, 2.05) is 0 Å². The van der Waals surface area contributed by atoms with Gasteiger partial charge in [-0.25, -0.2) is 0 Å². The molecule has 0 saturated carbocycles. The number of rotatable bonds is 2. The molecule has 14 heavy (non-hydrogen) atoms. The van der Waals surface area contributed by atoms with Gasteiger partial charge in [0.1, 0.15) is 6.10 Å². The third-order valence-electron chi connectivity index (χ3n) is 2.19. The number of aliphatic hydroxyl groups excluding tert-OH is 1. The Hall–Kier alpha value is -0.850. The topological polar surface area (TPSA) is 108 Å². The van der Waals surface area contributed by atoms with Crippen molar-refractivity contribution in [3.05, 3.63) is 10.4 Å². The Morgan fingerprint density at radius 1 is 1.71 bits per heavy atom. The number of nitrogens with zero attached hydrogens (tertiary/aromatic N) is 3. The molecule has 0 radical (unpaired) electrons. The fraction of sp³-hybridized carbons (Fsp3) is 1.00. The van der Waals surface area contributed by atoms with Gasteiger partial charge >= 0.3 is 0 Å². The first kappa shape index (κ1) is 11.2.